The van der Waals surface area contributed by atoms with E-state index in [-0.39, 0.29) is 11.9 Å². The Labute approximate surface area is 133 Å². The molecular formula is C17H15N3OS. The first kappa shape index (κ1) is 14.4. The number of benzene rings is 1. The molecular weight excluding hydrogens is 294 g/mol. The van der Waals surface area contributed by atoms with E-state index in [9.17, 15) is 4.79 Å². The molecule has 2 heterocycles. The summed E-state index contributed by atoms with van der Waals surface area (Å²) in [5.41, 5.74) is 3.34. The first-order valence-electron chi connectivity index (χ1n) is 6.92. The second-order valence-corrected chi connectivity index (χ2v) is 5.55. The fourth-order valence-corrected chi connectivity index (χ4v) is 2.96. The van der Waals surface area contributed by atoms with Crippen LogP contribution in [-0.2, 0) is 0 Å². The summed E-state index contributed by atoms with van der Waals surface area (Å²) < 4.78 is 4.16. The largest absolute Gasteiger partial charge is 0.341 e. The van der Waals surface area contributed by atoms with Crippen LogP contribution >= 0.6 is 11.5 Å². The number of nitrogens with zero attached hydrogens (tertiary/aromatic N) is 2. The maximum Gasteiger partial charge on any atom is 0.254 e. The molecule has 110 valence electrons. The summed E-state index contributed by atoms with van der Waals surface area (Å²) in [6.07, 6.45) is 3.50. The molecule has 3 aromatic rings. The van der Waals surface area contributed by atoms with Crippen LogP contribution in [0.2, 0.25) is 0 Å². The lowest BCUT2D eigenvalue weighted by molar-refractivity contribution is 0.0942. The molecule has 5 heteroatoms. The molecule has 0 spiro atoms. The van der Waals surface area contributed by atoms with E-state index >= 15 is 0 Å². The van der Waals surface area contributed by atoms with E-state index in [1.807, 2.05) is 49.4 Å². The minimum Gasteiger partial charge on any atom is -0.341 e. The first-order valence-corrected chi connectivity index (χ1v) is 7.76. The molecule has 0 aliphatic heterocycles. The summed E-state index contributed by atoms with van der Waals surface area (Å²) in [6, 6.07) is 13.5. The van der Waals surface area contributed by atoms with Gasteiger partial charge in [0.25, 0.3) is 5.91 Å². The molecule has 1 atom stereocenters. The molecule has 0 fully saturated rings. The minimum absolute atomic E-state index is 0.121. The Balaban J connectivity index is 1.93. The number of pyridine rings is 1. The summed E-state index contributed by atoms with van der Waals surface area (Å²) in [5, 5.41) is 4.85. The van der Waals surface area contributed by atoms with Crippen LogP contribution in [0.5, 0.6) is 0 Å². The molecule has 2 aromatic heterocycles. The topological polar surface area (TPSA) is 54.9 Å². The average Bonchev–Trinajstić information content (AvgIpc) is 3.00. The van der Waals surface area contributed by atoms with Crippen molar-refractivity contribution in [2.24, 2.45) is 0 Å². The van der Waals surface area contributed by atoms with Crippen LogP contribution in [0.1, 0.15) is 33.2 Å². The minimum atomic E-state index is -0.235. The van der Waals surface area contributed by atoms with Crippen LogP contribution in [0.3, 0.4) is 0 Å². The van der Waals surface area contributed by atoms with Gasteiger partial charge in [0.1, 0.15) is 0 Å². The van der Waals surface area contributed by atoms with E-state index in [0.29, 0.717) is 5.56 Å². The Morgan fingerprint density at radius 2 is 1.91 bits per heavy atom. The standard InChI is InChI=1S/C17H15N3OS/c1-12-15(11-22-20-12)17(21)19-16(13-6-3-2-4-7-13)14-8-5-9-18-10-14/h2-11,16H,1H3,(H,19,21). The molecule has 1 aromatic carbocycles. The number of nitrogens with one attached hydrogen (secondary N) is 1. The van der Waals surface area contributed by atoms with Crippen LogP contribution in [0.15, 0.2) is 60.2 Å². The Kier molecular flexibility index (Phi) is 4.25. The Morgan fingerprint density at radius 1 is 1.14 bits per heavy atom. The molecule has 3 rings (SSSR count). The van der Waals surface area contributed by atoms with Crippen LogP contribution in [-0.4, -0.2) is 15.3 Å². The summed E-state index contributed by atoms with van der Waals surface area (Å²) in [5.74, 6) is -0.121. The molecule has 0 saturated carbocycles. The van der Waals surface area contributed by atoms with E-state index in [2.05, 4.69) is 14.7 Å². The van der Waals surface area contributed by atoms with Crippen molar-refractivity contribution < 1.29 is 4.79 Å². The van der Waals surface area contributed by atoms with Gasteiger partial charge in [-0.2, -0.15) is 4.37 Å². The predicted octanol–water partition coefficient (Wildman–Crippen LogP) is 3.37. The number of rotatable bonds is 4. The van der Waals surface area contributed by atoms with Gasteiger partial charge < -0.3 is 5.32 Å². The van der Waals surface area contributed by atoms with Gasteiger partial charge in [-0.15, -0.1) is 0 Å². The lowest BCUT2D eigenvalue weighted by Crippen LogP contribution is -2.29. The molecule has 4 nitrogen and oxygen atoms in total. The Morgan fingerprint density at radius 3 is 2.55 bits per heavy atom. The maximum atomic E-state index is 12.5. The number of carbonyl (C=O) groups excluding carboxylic acids is 1. The third kappa shape index (κ3) is 3.04. The van der Waals surface area contributed by atoms with Crippen molar-refractivity contribution in [2.45, 2.75) is 13.0 Å². The fourth-order valence-electron chi connectivity index (χ4n) is 2.27. The lowest BCUT2D eigenvalue weighted by atomic mass is 10.00. The third-order valence-electron chi connectivity index (χ3n) is 3.42. The van der Waals surface area contributed by atoms with Crippen LogP contribution < -0.4 is 5.32 Å². The molecule has 1 unspecified atom stereocenters. The number of aromatic nitrogens is 2. The highest BCUT2D eigenvalue weighted by Crippen LogP contribution is 2.22. The summed E-state index contributed by atoms with van der Waals surface area (Å²) >= 11 is 1.29. The molecule has 0 aliphatic rings. The summed E-state index contributed by atoms with van der Waals surface area (Å²) in [7, 11) is 0. The van der Waals surface area contributed by atoms with Gasteiger partial charge in [0.05, 0.1) is 17.3 Å². The number of amides is 1. The second-order valence-electron chi connectivity index (χ2n) is 4.92. The molecule has 1 amide bonds. The SMILES string of the molecule is Cc1nscc1C(=O)NC(c1ccccc1)c1cccnc1. The molecule has 0 aliphatic carbocycles. The average molecular weight is 309 g/mol. The zero-order chi connectivity index (χ0) is 15.4. The van der Waals surface area contributed by atoms with Crippen molar-refractivity contribution in [1.82, 2.24) is 14.7 Å². The van der Waals surface area contributed by atoms with E-state index in [1.165, 1.54) is 11.5 Å². The van der Waals surface area contributed by atoms with Crippen molar-refractivity contribution in [3.8, 4) is 0 Å². The van der Waals surface area contributed by atoms with E-state index in [4.69, 9.17) is 0 Å². The van der Waals surface area contributed by atoms with Gasteiger partial charge in [-0.05, 0) is 35.6 Å². The van der Waals surface area contributed by atoms with Crippen LogP contribution in [0.25, 0.3) is 0 Å². The first-order chi connectivity index (χ1) is 10.8. The van der Waals surface area contributed by atoms with Crippen LogP contribution in [0, 0.1) is 6.92 Å². The predicted molar refractivity (Wildman–Crippen MR) is 86.8 cm³/mol. The van der Waals surface area contributed by atoms with Crippen molar-refractivity contribution in [3.05, 3.63) is 82.6 Å². The van der Waals surface area contributed by atoms with Gasteiger partial charge in [0, 0.05) is 17.8 Å². The zero-order valence-corrected chi connectivity index (χ0v) is 12.9. The second kappa shape index (κ2) is 6.49. The zero-order valence-electron chi connectivity index (χ0n) is 12.1. The smallest absolute Gasteiger partial charge is 0.254 e. The summed E-state index contributed by atoms with van der Waals surface area (Å²) in [4.78, 5) is 16.7. The third-order valence-corrected chi connectivity index (χ3v) is 4.14. The van der Waals surface area contributed by atoms with Crippen molar-refractivity contribution in [3.63, 3.8) is 0 Å². The number of aryl methyl sites for hydroxylation is 1. The van der Waals surface area contributed by atoms with Crippen LogP contribution in [0.4, 0.5) is 0 Å². The highest BCUT2D eigenvalue weighted by atomic mass is 32.1. The molecule has 0 bridgehead atoms. The molecule has 0 radical (unpaired) electrons. The fraction of sp³-hybridized carbons (Fsp3) is 0.118. The number of carbonyl (C=O) groups is 1. The monoisotopic (exact) mass is 309 g/mol. The highest BCUT2D eigenvalue weighted by Gasteiger charge is 2.19. The van der Waals surface area contributed by atoms with Gasteiger partial charge in [-0.1, -0.05) is 36.4 Å². The van der Waals surface area contributed by atoms with E-state index in [0.717, 1.165) is 16.8 Å². The quantitative estimate of drug-likeness (QED) is 0.804. The van der Waals surface area contributed by atoms with Gasteiger partial charge in [-0.3, -0.25) is 9.78 Å². The Bertz CT molecular complexity index is 716. The molecule has 1 N–H and O–H groups in total. The number of hydrogen-bond donors (Lipinski definition) is 1. The lowest BCUT2D eigenvalue weighted by Gasteiger charge is -2.19. The number of hydrogen-bond acceptors (Lipinski definition) is 4. The molecule has 0 saturated heterocycles. The highest BCUT2D eigenvalue weighted by molar-refractivity contribution is 7.03. The van der Waals surface area contributed by atoms with Crippen molar-refractivity contribution in [1.29, 1.82) is 0 Å². The van der Waals surface area contributed by atoms with Gasteiger partial charge >= 0.3 is 0 Å². The van der Waals surface area contributed by atoms with Crippen molar-refractivity contribution >= 4 is 17.4 Å². The van der Waals surface area contributed by atoms with E-state index in [1.54, 1.807) is 17.8 Å². The Hall–Kier alpha value is -2.53. The molecule has 22 heavy (non-hydrogen) atoms. The van der Waals surface area contributed by atoms with Gasteiger partial charge in [-0.25, -0.2) is 0 Å². The van der Waals surface area contributed by atoms with Crippen molar-refractivity contribution in [2.75, 3.05) is 0 Å². The summed E-state index contributed by atoms with van der Waals surface area (Å²) in [6.45, 7) is 1.84. The maximum absolute atomic E-state index is 12.5. The van der Waals surface area contributed by atoms with Gasteiger partial charge in [0.15, 0.2) is 0 Å². The normalized spacial score (nSPS) is 11.9. The van der Waals surface area contributed by atoms with E-state index < -0.39 is 0 Å². The van der Waals surface area contributed by atoms with Gasteiger partial charge in [0.2, 0.25) is 0 Å².